The molecule has 6 aromatic rings. The Morgan fingerprint density at radius 3 is 1.60 bits per heavy atom. The van der Waals surface area contributed by atoms with Crippen LogP contribution in [0.4, 0.5) is 11.4 Å². The monoisotopic (exact) mass is 725 g/mol. The maximum atomic E-state index is 12.8. The van der Waals surface area contributed by atoms with E-state index < -0.39 is 10.1 Å². The molecule has 53 heavy (non-hydrogen) atoms. The number of aromatic nitrogens is 2. The van der Waals surface area contributed by atoms with Crippen LogP contribution in [-0.4, -0.2) is 24.8 Å². The second-order valence-corrected chi connectivity index (χ2v) is 13.5. The van der Waals surface area contributed by atoms with Gasteiger partial charge in [-0.1, -0.05) is 54.1 Å². The number of carbonyl (C=O) groups is 2. The Hall–Kier alpha value is -6.23. The van der Waals surface area contributed by atoms with Gasteiger partial charge in [0, 0.05) is 46.3 Å². The zero-order valence-electron chi connectivity index (χ0n) is 29.8. The zero-order chi connectivity index (χ0) is 37.8. The summed E-state index contributed by atoms with van der Waals surface area (Å²) in [4.78, 5) is 25.1. The summed E-state index contributed by atoms with van der Waals surface area (Å²) < 4.78 is 35.4. The lowest BCUT2D eigenvalue weighted by molar-refractivity contribution is -0.693. The topological polar surface area (TPSA) is 123 Å². The Bertz CT molecular complexity index is 2300. The van der Waals surface area contributed by atoms with Gasteiger partial charge in [0.2, 0.25) is 5.91 Å². The first-order valence-corrected chi connectivity index (χ1v) is 18.5. The van der Waals surface area contributed by atoms with Crippen LogP contribution in [0.2, 0.25) is 0 Å². The number of anilines is 2. The molecule has 0 aliphatic heterocycles. The van der Waals surface area contributed by atoms with E-state index in [0.29, 0.717) is 5.56 Å². The van der Waals surface area contributed by atoms with Crippen molar-refractivity contribution >= 4 is 39.4 Å². The fourth-order valence-electron chi connectivity index (χ4n) is 5.28. The maximum absolute atomic E-state index is 12.8. The lowest BCUT2D eigenvalue weighted by atomic mass is 10.1. The van der Waals surface area contributed by atoms with Gasteiger partial charge in [-0.15, -0.1) is 0 Å². The normalized spacial score (nSPS) is 11.0. The Morgan fingerprint density at radius 1 is 0.642 bits per heavy atom. The number of hydrogen-bond acceptors (Lipinski definition) is 5. The van der Waals surface area contributed by atoms with Gasteiger partial charge in [-0.3, -0.25) is 9.59 Å². The van der Waals surface area contributed by atoms with Gasteiger partial charge in [0.1, 0.15) is 23.2 Å². The van der Waals surface area contributed by atoms with E-state index in [0.717, 1.165) is 57.8 Å². The van der Waals surface area contributed by atoms with Crippen LogP contribution in [0.25, 0.3) is 28.3 Å². The maximum Gasteiger partial charge on any atom is 0.255 e. The number of amides is 2. The predicted molar refractivity (Wildman–Crippen MR) is 207 cm³/mol. The van der Waals surface area contributed by atoms with Crippen LogP contribution in [0.5, 0.6) is 0 Å². The number of aryl methyl sites for hydroxylation is 3. The average Bonchev–Trinajstić information content (AvgIpc) is 3.18. The second kappa shape index (κ2) is 17.8. The van der Waals surface area contributed by atoms with Gasteiger partial charge >= 0.3 is 0 Å². The van der Waals surface area contributed by atoms with Gasteiger partial charge in [-0.05, 0) is 104 Å². The van der Waals surface area contributed by atoms with Crippen molar-refractivity contribution in [2.75, 3.05) is 10.6 Å². The number of hydrogen-bond donors (Lipinski definition) is 2. The summed E-state index contributed by atoms with van der Waals surface area (Å²) >= 11 is 0. The van der Waals surface area contributed by atoms with Crippen molar-refractivity contribution in [3.05, 3.63) is 169 Å². The molecule has 0 aliphatic carbocycles. The highest BCUT2D eigenvalue weighted by atomic mass is 32.2. The quantitative estimate of drug-likeness (QED) is 0.0864. The highest BCUT2D eigenvalue weighted by Crippen LogP contribution is 2.22. The first-order chi connectivity index (χ1) is 25.5. The molecule has 0 aliphatic rings. The van der Waals surface area contributed by atoms with E-state index in [1.54, 1.807) is 30.3 Å². The highest BCUT2D eigenvalue weighted by Gasteiger charge is 2.09. The minimum absolute atomic E-state index is 0.178. The average molecular weight is 726 g/mol. The molecule has 0 atom stereocenters. The van der Waals surface area contributed by atoms with Crippen molar-refractivity contribution in [1.29, 1.82) is 0 Å². The lowest BCUT2D eigenvalue weighted by Crippen LogP contribution is -2.30. The Kier molecular flexibility index (Phi) is 12.8. The van der Waals surface area contributed by atoms with Crippen LogP contribution in [0, 0.1) is 6.92 Å². The van der Waals surface area contributed by atoms with Crippen LogP contribution in [0.3, 0.4) is 0 Å². The van der Waals surface area contributed by atoms with Crippen LogP contribution in [0.15, 0.2) is 157 Å². The Labute approximate surface area is 310 Å². The van der Waals surface area contributed by atoms with Crippen molar-refractivity contribution < 1.29 is 31.7 Å². The van der Waals surface area contributed by atoms with Gasteiger partial charge in [0.05, 0.1) is 4.90 Å². The van der Waals surface area contributed by atoms with Gasteiger partial charge < -0.3 is 15.2 Å². The summed E-state index contributed by atoms with van der Waals surface area (Å²) in [5.74, 6) is -0.417. The third kappa shape index (κ3) is 11.1. The van der Waals surface area contributed by atoms with E-state index in [9.17, 15) is 22.6 Å². The molecule has 6 rings (SSSR count). The van der Waals surface area contributed by atoms with E-state index >= 15 is 0 Å². The smallest absolute Gasteiger partial charge is 0.255 e. The molecule has 4 aromatic carbocycles. The molecule has 0 saturated heterocycles. The van der Waals surface area contributed by atoms with Crippen molar-refractivity contribution in [2.24, 2.45) is 0 Å². The van der Waals surface area contributed by atoms with Crippen LogP contribution in [0.1, 0.15) is 35.3 Å². The van der Waals surface area contributed by atoms with Crippen molar-refractivity contribution in [2.45, 2.75) is 38.8 Å². The third-order valence-electron chi connectivity index (χ3n) is 8.32. The van der Waals surface area contributed by atoms with E-state index in [1.807, 2.05) is 92.1 Å². The van der Waals surface area contributed by atoms with Crippen LogP contribution < -0.4 is 19.8 Å². The molecule has 10 heteroatoms. The first-order valence-electron chi connectivity index (χ1n) is 17.1. The van der Waals surface area contributed by atoms with Crippen LogP contribution >= 0.6 is 0 Å². The minimum atomic E-state index is -4.27. The fourth-order valence-corrected chi connectivity index (χ4v) is 5.75. The van der Waals surface area contributed by atoms with Crippen molar-refractivity contribution in [3.63, 3.8) is 0 Å². The Balaban J connectivity index is 0.000000422. The SMILES string of the molecule is CC[n+]1cccc(-c2ccc(NC(=O)/C=C/c3ccc(C(=O)Nc4ccc(-c5ccc[n+](CC)c5)cc4)cc3)cc2)c1.Cc1ccc(S(=O)(=O)[O-])cc1. The predicted octanol–water partition coefficient (Wildman–Crippen LogP) is 7.44. The van der Waals surface area contributed by atoms with Crippen molar-refractivity contribution in [1.82, 2.24) is 0 Å². The number of nitrogens with zero attached hydrogens (tertiary/aromatic N) is 2. The van der Waals surface area contributed by atoms with E-state index in [1.165, 1.54) is 18.2 Å². The zero-order valence-corrected chi connectivity index (χ0v) is 30.6. The van der Waals surface area contributed by atoms with Crippen LogP contribution in [-0.2, 0) is 28.0 Å². The molecule has 2 amide bonds. The molecular weight excluding hydrogens is 685 g/mol. The highest BCUT2D eigenvalue weighted by molar-refractivity contribution is 7.85. The first kappa shape index (κ1) is 38.0. The number of carbonyl (C=O) groups excluding carboxylic acids is 2. The molecule has 9 nitrogen and oxygen atoms in total. The molecule has 0 fully saturated rings. The molecule has 0 bridgehead atoms. The molecule has 0 saturated carbocycles. The summed E-state index contributed by atoms with van der Waals surface area (Å²) in [6, 6.07) is 36.7. The lowest BCUT2D eigenvalue weighted by Gasteiger charge is -2.07. The van der Waals surface area contributed by atoms with Gasteiger partial charge in [0.15, 0.2) is 24.8 Å². The second-order valence-electron chi connectivity index (χ2n) is 12.2. The summed E-state index contributed by atoms with van der Waals surface area (Å²) in [6.45, 7) is 7.85. The van der Waals surface area contributed by atoms with E-state index in [-0.39, 0.29) is 16.7 Å². The Morgan fingerprint density at radius 2 is 1.13 bits per heavy atom. The van der Waals surface area contributed by atoms with E-state index in [4.69, 9.17) is 0 Å². The number of benzene rings is 4. The molecule has 2 N–H and O–H groups in total. The summed E-state index contributed by atoms with van der Waals surface area (Å²) in [5, 5.41) is 5.84. The van der Waals surface area contributed by atoms with Gasteiger partial charge in [-0.2, -0.15) is 0 Å². The number of pyridine rings is 2. The third-order valence-corrected chi connectivity index (χ3v) is 9.17. The minimum Gasteiger partial charge on any atom is -0.744 e. The molecule has 268 valence electrons. The molecule has 2 heterocycles. The van der Waals surface area contributed by atoms with E-state index in [2.05, 4.69) is 58.1 Å². The number of rotatable bonds is 10. The molecule has 0 spiro atoms. The van der Waals surface area contributed by atoms with Crippen molar-refractivity contribution in [3.8, 4) is 22.3 Å². The molecular formula is C43H41N4O5S+. The number of nitrogens with one attached hydrogen (secondary N) is 2. The fraction of sp³-hybridized carbons (Fsp3) is 0.116. The summed E-state index contributed by atoms with van der Waals surface area (Å²) in [5.41, 5.74) is 8.16. The molecule has 0 unspecified atom stereocenters. The summed E-state index contributed by atoms with van der Waals surface area (Å²) in [6.07, 6.45) is 11.5. The largest absolute Gasteiger partial charge is 0.744 e. The molecule has 0 radical (unpaired) electrons. The van der Waals surface area contributed by atoms with Gasteiger partial charge in [0.25, 0.3) is 5.91 Å². The van der Waals surface area contributed by atoms with Gasteiger partial charge in [-0.25, -0.2) is 17.6 Å². The summed E-state index contributed by atoms with van der Waals surface area (Å²) in [7, 11) is -4.27. The molecule has 2 aromatic heterocycles. The standard InChI is InChI=1S/C36H32N4O2.C7H8O3S/c1-3-39-23-5-7-31(25-39)28-14-18-33(19-15-28)37-35(41)22-11-27-9-12-30(13-10-27)36(42)38-34-20-16-29(17-21-34)32-8-6-24-40(4-2)26-32;1-6-2-4-7(5-3-6)11(8,9)10/h5-26H,3-4H2,1-2H3;2-5H,1H3,(H,8,9,10)/p+1/b22-11+;.